The van der Waals surface area contributed by atoms with Crippen LogP contribution in [0.15, 0.2) is 46.0 Å². The van der Waals surface area contributed by atoms with Crippen molar-refractivity contribution in [3.05, 3.63) is 52.2 Å². The summed E-state index contributed by atoms with van der Waals surface area (Å²) in [5, 5.41) is 3.92. The Morgan fingerprint density at radius 3 is 2.33 bits per heavy atom. The van der Waals surface area contributed by atoms with Crippen LogP contribution < -0.4 is 0 Å². The zero-order valence-electron chi connectivity index (χ0n) is 13.5. The molecule has 0 unspecified atom stereocenters. The normalized spacial score (nSPS) is 16.3. The van der Waals surface area contributed by atoms with E-state index in [1.807, 2.05) is 23.8 Å². The van der Waals surface area contributed by atoms with Gasteiger partial charge in [0.1, 0.15) is 0 Å². The van der Waals surface area contributed by atoms with E-state index in [0.717, 1.165) is 11.1 Å². The van der Waals surface area contributed by atoms with Crippen LogP contribution in [0, 0.1) is 6.92 Å². The molecular formula is C17H20N2O3S2. The fourth-order valence-corrected chi connectivity index (χ4v) is 4.81. The van der Waals surface area contributed by atoms with Gasteiger partial charge in [0.25, 0.3) is 0 Å². The van der Waals surface area contributed by atoms with E-state index in [1.54, 1.807) is 40.5 Å². The van der Waals surface area contributed by atoms with E-state index in [-0.39, 0.29) is 5.91 Å². The largest absolute Gasteiger partial charge is 0.340 e. The molecule has 5 nitrogen and oxygen atoms in total. The standard InChI is InChI=1S/C17H20N2O3S2/c1-14-2-4-16(5-3-14)24(21,22)19-9-7-18(8-10-19)17(20)12-15-6-11-23-13-15/h2-6,11,13H,7-10,12H2,1H3. The third kappa shape index (κ3) is 3.68. The molecule has 128 valence electrons. The predicted octanol–water partition coefficient (Wildman–Crippen LogP) is 2.13. The molecule has 0 N–H and O–H groups in total. The Bertz CT molecular complexity index is 791. The Labute approximate surface area is 146 Å². The molecule has 1 fully saturated rings. The van der Waals surface area contributed by atoms with Gasteiger partial charge >= 0.3 is 0 Å². The average molecular weight is 364 g/mol. The minimum Gasteiger partial charge on any atom is -0.340 e. The highest BCUT2D eigenvalue weighted by Crippen LogP contribution is 2.18. The first-order valence-electron chi connectivity index (χ1n) is 7.82. The molecule has 0 radical (unpaired) electrons. The lowest BCUT2D eigenvalue weighted by molar-refractivity contribution is -0.131. The van der Waals surface area contributed by atoms with E-state index < -0.39 is 10.0 Å². The SMILES string of the molecule is Cc1ccc(S(=O)(=O)N2CCN(C(=O)Cc3ccsc3)CC2)cc1. The smallest absolute Gasteiger partial charge is 0.243 e. The summed E-state index contributed by atoms with van der Waals surface area (Å²) < 4.78 is 26.8. The van der Waals surface area contributed by atoms with E-state index >= 15 is 0 Å². The number of nitrogens with zero attached hydrogens (tertiary/aromatic N) is 2. The number of piperazine rings is 1. The van der Waals surface area contributed by atoms with E-state index in [0.29, 0.717) is 37.5 Å². The Balaban J connectivity index is 1.62. The molecule has 0 aliphatic carbocycles. The number of aryl methyl sites for hydroxylation is 1. The molecule has 1 aliphatic rings. The van der Waals surface area contributed by atoms with Gasteiger partial charge in [-0.15, -0.1) is 0 Å². The van der Waals surface area contributed by atoms with Crippen molar-refractivity contribution in [1.82, 2.24) is 9.21 Å². The number of carbonyl (C=O) groups is 1. The number of hydrogen-bond donors (Lipinski definition) is 0. The van der Waals surface area contributed by atoms with E-state index in [1.165, 1.54) is 4.31 Å². The highest BCUT2D eigenvalue weighted by atomic mass is 32.2. The van der Waals surface area contributed by atoms with Crippen LogP contribution in [-0.4, -0.2) is 49.7 Å². The zero-order chi connectivity index (χ0) is 17.2. The van der Waals surface area contributed by atoms with E-state index in [2.05, 4.69) is 0 Å². The monoisotopic (exact) mass is 364 g/mol. The Hall–Kier alpha value is -1.70. The van der Waals surface area contributed by atoms with Crippen molar-refractivity contribution in [2.75, 3.05) is 26.2 Å². The first kappa shape index (κ1) is 17.1. The first-order valence-corrected chi connectivity index (χ1v) is 10.2. The number of thiophene rings is 1. The van der Waals surface area contributed by atoms with Gasteiger partial charge in [0.2, 0.25) is 15.9 Å². The number of carbonyl (C=O) groups excluding carboxylic acids is 1. The van der Waals surface area contributed by atoms with Gasteiger partial charge in [-0.1, -0.05) is 17.7 Å². The lowest BCUT2D eigenvalue weighted by Crippen LogP contribution is -2.50. The summed E-state index contributed by atoms with van der Waals surface area (Å²) >= 11 is 1.57. The maximum absolute atomic E-state index is 12.7. The van der Waals surface area contributed by atoms with Crippen LogP contribution in [0.5, 0.6) is 0 Å². The molecule has 1 aromatic heterocycles. The summed E-state index contributed by atoms with van der Waals surface area (Å²) in [7, 11) is -3.48. The summed E-state index contributed by atoms with van der Waals surface area (Å²) in [6, 6.07) is 8.82. The minimum atomic E-state index is -3.48. The first-order chi connectivity index (χ1) is 11.5. The molecule has 2 heterocycles. The third-order valence-electron chi connectivity index (χ3n) is 4.19. The van der Waals surface area contributed by atoms with E-state index in [9.17, 15) is 13.2 Å². The van der Waals surface area contributed by atoms with Gasteiger partial charge in [0.15, 0.2) is 0 Å². The van der Waals surface area contributed by atoms with Crippen LogP contribution in [0.1, 0.15) is 11.1 Å². The fraction of sp³-hybridized carbons (Fsp3) is 0.353. The lowest BCUT2D eigenvalue weighted by atomic mass is 10.2. The van der Waals surface area contributed by atoms with Crippen molar-refractivity contribution in [2.45, 2.75) is 18.2 Å². The maximum Gasteiger partial charge on any atom is 0.243 e. The summed E-state index contributed by atoms with van der Waals surface area (Å²) in [5.74, 6) is 0.0563. The molecule has 0 atom stereocenters. The van der Waals surface area contributed by atoms with Crippen LogP contribution in [0.4, 0.5) is 0 Å². The molecule has 0 saturated carbocycles. The molecule has 1 aromatic carbocycles. The van der Waals surface area contributed by atoms with Gasteiger partial charge in [0, 0.05) is 26.2 Å². The van der Waals surface area contributed by atoms with Crippen LogP contribution in [-0.2, 0) is 21.2 Å². The molecule has 0 spiro atoms. The fourth-order valence-electron chi connectivity index (χ4n) is 2.72. The van der Waals surface area contributed by atoms with Crippen molar-refractivity contribution in [3.63, 3.8) is 0 Å². The van der Waals surface area contributed by atoms with Crippen molar-refractivity contribution >= 4 is 27.3 Å². The number of amides is 1. The Morgan fingerprint density at radius 2 is 1.75 bits per heavy atom. The molecule has 7 heteroatoms. The number of benzene rings is 1. The Morgan fingerprint density at radius 1 is 1.08 bits per heavy atom. The van der Waals surface area contributed by atoms with Crippen molar-refractivity contribution < 1.29 is 13.2 Å². The molecular weight excluding hydrogens is 344 g/mol. The number of sulfonamides is 1. The van der Waals surface area contributed by atoms with Crippen LogP contribution in [0.3, 0.4) is 0 Å². The topological polar surface area (TPSA) is 57.7 Å². The third-order valence-corrected chi connectivity index (χ3v) is 6.83. The van der Waals surface area contributed by atoms with Crippen LogP contribution in [0.25, 0.3) is 0 Å². The summed E-state index contributed by atoms with van der Waals surface area (Å²) in [5.41, 5.74) is 2.04. The lowest BCUT2D eigenvalue weighted by Gasteiger charge is -2.34. The molecule has 24 heavy (non-hydrogen) atoms. The molecule has 3 rings (SSSR count). The average Bonchev–Trinajstić information content (AvgIpc) is 3.08. The van der Waals surface area contributed by atoms with Gasteiger partial charge in [0.05, 0.1) is 11.3 Å². The molecule has 1 amide bonds. The van der Waals surface area contributed by atoms with Gasteiger partial charge in [-0.25, -0.2) is 8.42 Å². The summed E-state index contributed by atoms with van der Waals surface area (Å²) in [6.07, 6.45) is 0.383. The van der Waals surface area contributed by atoms with Gasteiger partial charge < -0.3 is 4.90 Å². The van der Waals surface area contributed by atoms with Gasteiger partial charge in [-0.05, 0) is 41.4 Å². The minimum absolute atomic E-state index is 0.0563. The van der Waals surface area contributed by atoms with Crippen molar-refractivity contribution in [2.24, 2.45) is 0 Å². The number of hydrogen-bond acceptors (Lipinski definition) is 4. The molecule has 2 aromatic rings. The summed E-state index contributed by atoms with van der Waals surface area (Å²) in [6.45, 7) is 3.48. The quantitative estimate of drug-likeness (QED) is 0.835. The second-order valence-electron chi connectivity index (χ2n) is 5.91. The zero-order valence-corrected chi connectivity index (χ0v) is 15.1. The van der Waals surface area contributed by atoms with Gasteiger partial charge in [-0.3, -0.25) is 4.79 Å². The second kappa shape index (κ2) is 7.04. The highest BCUT2D eigenvalue weighted by molar-refractivity contribution is 7.89. The van der Waals surface area contributed by atoms with Crippen LogP contribution in [0.2, 0.25) is 0 Å². The second-order valence-corrected chi connectivity index (χ2v) is 8.62. The summed E-state index contributed by atoms with van der Waals surface area (Å²) in [4.78, 5) is 14.4. The van der Waals surface area contributed by atoms with Gasteiger partial charge in [-0.2, -0.15) is 15.6 Å². The van der Waals surface area contributed by atoms with Crippen molar-refractivity contribution in [1.29, 1.82) is 0 Å². The maximum atomic E-state index is 12.7. The molecule has 1 saturated heterocycles. The van der Waals surface area contributed by atoms with Crippen molar-refractivity contribution in [3.8, 4) is 0 Å². The van der Waals surface area contributed by atoms with E-state index in [4.69, 9.17) is 0 Å². The predicted molar refractivity (Wildman–Crippen MR) is 94.5 cm³/mol. The molecule has 0 bridgehead atoms. The Kier molecular flexibility index (Phi) is 5.03. The number of rotatable bonds is 4. The molecule has 1 aliphatic heterocycles. The van der Waals surface area contributed by atoms with Crippen LogP contribution >= 0.6 is 11.3 Å². The highest BCUT2D eigenvalue weighted by Gasteiger charge is 2.29.